The van der Waals surface area contributed by atoms with E-state index in [1.54, 1.807) is 6.07 Å². The van der Waals surface area contributed by atoms with E-state index in [1.807, 2.05) is 30.0 Å². The van der Waals surface area contributed by atoms with Crippen molar-refractivity contribution in [3.63, 3.8) is 0 Å². The van der Waals surface area contributed by atoms with Gasteiger partial charge < -0.3 is 9.32 Å². The van der Waals surface area contributed by atoms with E-state index in [0.717, 1.165) is 30.6 Å². The van der Waals surface area contributed by atoms with Gasteiger partial charge in [-0.25, -0.2) is 0 Å². The summed E-state index contributed by atoms with van der Waals surface area (Å²) in [4.78, 5) is 17.2. The Morgan fingerprint density at radius 1 is 1.04 bits per heavy atom. The van der Waals surface area contributed by atoms with Crippen LogP contribution >= 0.6 is 11.6 Å². The summed E-state index contributed by atoms with van der Waals surface area (Å²) in [5.41, 5.74) is 2.76. The Labute approximate surface area is 157 Å². The molecule has 0 saturated carbocycles. The van der Waals surface area contributed by atoms with E-state index in [4.69, 9.17) is 16.0 Å². The SMILES string of the molecule is Cc1c(C(=O)N2CCN(Cc3ccccc3)CC2)oc2c(Cl)cccc12. The van der Waals surface area contributed by atoms with Gasteiger partial charge in [0.1, 0.15) is 0 Å². The molecule has 5 heteroatoms. The smallest absolute Gasteiger partial charge is 0.289 e. The molecule has 2 aromatic carbocycles. The maximum Gasteiger partial charge on any atom is 0.289 e. The number of rotatable bonds is 3. The number of hydrogen-bond donors (Lipinski definition) is 0. The van der Waals surface area contributed by atoms with Crippen LogP contribution in [0.15, 0.2) is 52.9 Å². The van der Waals surface area contributed by atoms with Crippen LogP contribution in [0.4, 0.5) is 0 Å². The molecule has 3 aromatic rings. The fourth-order valence-electron chi connectivity index (χ4n) is 3.51. The number of nitrogens with zero attached hydrogens (tertiary/aromatic N) is 2. The molecule has 0 atom stereocenters. The molecule has 26 heavy (non-hydrogen) atoms. The maximum absolute atomic E-state index is 12.9. The van der Waals surface area contributed by atoms with E-state index >= 15 is 0 Å². The van der Waals surface area contributed by atoms with Gasteiger partial charge in [0.05, 0.1) is 5.02 Å². The molecular weight excluding hydrogens is 348 g/mol. The Balaban J connectivity index is 1.45. The molecule has 4 nitrogen and oxygen atoms in total. The second-order valence-electron chi connectivity index (χ2n) is 6.73. The number of carbonyl (C=O) groups excluding carboxylic acids is 1. The monoisotopic (exact) mass is 368 g/mol. The van der Waals surface area contributed by atoms with Crippen LogP contribution in [-0.4, -0.2) is 41.9 Å². The molecule has 0 spiro atoms. The first-order valence-corrected chi connectivity index (χ1v) is 9.24. The normalized spacial score (nSPS) is 15.5. The first-order valence-electron chi connectivity index (χ1n) is 8.86. The Bertz CT molecular complexity index is 928. The zero-order valence-corrected chi connectivity index (χ0v) is 15.5. The van der Waals surface area contributed by atoms with Crippen molar-refractivity contribution < 1.29 is 9.21 Å². The van der Waals surface area contributed by atoms with Gasteiger partial charge in [-0.3, -0.25) is 9.69 Å². The molecule has 134 valence electrons. The van der Waals surface area contributed by atoms with Gasteiger partial charge in [0.2, 0.25) is 0 Å². The van der Waals surface area contributed by atoms with Crippen molar-refractivity contribution in [3.8, 4) is 0 Å². The third-order valence-corrected chi connectivity index (χ3v) is 5.32. The summed E-state index contributed by atoms with van der Waals surface area (Å²) >= 11 is 6.20. The predicted octanol–water partition coefficient (Wildman–Crippen LogP) is 4.35. The average Bonchev–Trinajstić information content (AvgIpc) is 3.01. The third-order valence-electron chi connectivity index (χ3n) is 5.02. The van der Waals surface area contributed by atoms with Crippen LogP contribution in [-0.2, 0) is 6.54 Å². The zero-order chi connectivity index (χ0) is 18.1. The summed E-state index contributed by atoms with van der Waals surface area (Å²) in [7, 11) is 0. The van der Waals surface area contributed by atoms with Crippen LogP contribution < -0.4 is 0 Å². The van der Waals surface area contributed by atoms with Crippen LogP contribution in [0.1, 0.15) is 21.7 Å². The number of carbonyl (C=O) groups is 1. The summed E-state index contributed by atoms with van der Waals surface area (Å²) in [5.74, 6) is 0.360. The first kappa shape index (κ1) is 17.1. The van der Waals surface area contributed by atoms with Gasteiger partial charge in [0, 0.05) is 43.7 Å². The van der Waals surface area contributed by atoms with E-state index in [9.17, 15) is 4.79 Å². The van der Waals surface area contributed by atoms with E-state index in [0.29, 0.717) is 29.5 Å². The molecule has 0 unspecified atom stereocenters. The molecule has 4 rings (SSSR count). The minimum absolute atomic E-state index is 0.0471. The van der Waals surface area contributed by atoms with Crippen molar-refractivity contribution in [1.82, 2.24) is 9.80 Å². The first-order chi connectivity index (χ1) is 12.6. The van der Waals surface area contributed by atoms with Crippen molar-refractivity contribution in [1.29, 1.82) is 0 Å². The lowest BCUT2D eigenvalue weighted by molar-refractivity contribution is 0.0599. The van der Waals surface area contributed by atoms with E-state index in [1.165, 1.54) is 5.56 Å². The molecule has 0 radical (unpaired) electrons. The number of benzene rings is 2. The molecule has 0 N–H and O–H groups in total. The fraction of sp³-hybridized carbons (Fsp3) is 0.286. The minimum Gasteiger partial charge on any atom is -0.449 e. The van der Waals surface area contributed by atoms with Gasteiger partial charge in [0.15, 0.2) is 11.3 Å². The summed E-state index contributed by atoms with van der Waals surface area (Å²) in [6.45, 7) is 5.97. The Hall–Kier alpha value is -2.30. The van der Waals surface area contributed by atoms with Crippen molar-refractivity contribution in [2.45, 2.75) is 13.5 Å². The Kier molecular flexibility index (Phi) is 4.70. The van der Waals surface area contributed by atoms with Crippen molar-refractivity contribution in [3.05, 3.63) is 70.4 Å². The van der Waals surface area contributed by atoms with Crippen LogP contribution in [0.25, 0.3) is 11.0 Å². The highest BCUT2D eigenvalue weighted by Crippen LogP contribution is 2.31. The second kappa shape index (κ2) is 7.14. The van der Waals surface area contributed by atoms with Crippen molar-refractivity contribution >= 4 is 28.5 Å². The minimum atomic E-state index is -0.0471. The van der Waals surface area contributed by atoms with Gasteiger partial charge in [-0.2, -0.15) is 0 Å². The highest BCUT2D eigenvalue weighted by Gasteiger charge is 2.27. The summed E-state index contributed by atoms with van der Waals surface area (Å²) in [5, 5.41) is 1.45. The molecule has 0 bridgehead atoms. The van der Waals surface area contributed by atoms with Gasteiger partial charge in [-0.15, -0.1) is 0 Å². The number of hydrogen-bond acceptors (Lipinski definition) is 3. The lowest BCUT2D eigenvalue weighted by atomic mass is 10.1. The summed E-state index contributed by atoms with van der Waals surface area (Å²) in [6.07, 6.45) is 0. The van der Waals surface area contributed by atoms with Gasteiger partial charge in [-0.1, -0.05) is 54.1 Å². The largest absolute Gasteiger partial charge is 0.449 e. The summed E-state index contributed by atoms with van der Waals surface area (Å²) < 4.78 is 5.83. The number of para-hydroxylation sites is 1. The molecule has 1 saturated heterocycles. The summed E-state index contributed by atoms with van der Waals surface area (Å²) in [6, 6.07) is 16.0. The van der Waals surface area contributed by atoms with Gasteiger partial charge in [0.25, 0.3) is 5.91 Å². The quantitative estimate of drug-likeness (QED) is 0.689. The zero-order valence-electron chi connectivity index (χ0n) is 14.7. The average molecular weight is 369 g/mol. The van der Waals surface area contributed by atoms with Crippen molar-refractivity contribution in [2.24, 2.45) is 0 Å². The van der Waals surface area contributed by atoms with Crippen LogP contribution in [0, 0.1) is 6.92 Å². The number of fused-ring (bicyclic) bond motifs is 1. The van der Waals surface area contributed by atoms with E-state index in [2.05, 4.69) is 29.2 Å². The van der Waals surface area contributed by atoms with Crippen molar-refractivity contribution in [2.75, 3.05) is 26.2 Å². The number of furan rings is 1. The number of amides is 1. The Morgan fingerprint density at radius 2 is 1.77 bits per heavy atom. The Morgan fingerprint density at radius 3 is 2.46 bits per heavy atom. The number of piperazine rings is 1. The molecule has 1 aliphatic rings. The van der Waals surface area contributed by atoms with Gasteiger partial charge in [-0.05, 0) is 18.6 Å². The predicted molar refractivity (Wildman–Crippen MR) is 104 cm³/mol. The lowest BCUT2D eigenvalue weighted by Crippen LogP contribution is -2.48. The molecule has 2 heterocycles. The van der Waals surface area contributed by atoms with Gasteiger partial charge >= 0.3 is 0 Å². The standard InChI is InChI=1S/C21H21ClN2O2/c1-15-17-8-5-9-18(22)20(17)26-19(15)21(25)24-12-10-23(11-13-24)14-16-6-3-2-4-7-16/h2-9H,10-14H2,1H3. The lowest BCUT2D eigenvalue weighted by Gasteiger charge is -2.34. The second-order valence-corrected chi connectivity index (χ2v) is 7.13. The topological polar surface area (TPSA) is 36.7 Å². The van der Waals surface area contributed by atoms with E-state index < -0.39 is 0 Å². The molecule has 1 fully saturated rings. The third kappa shape index (κ3) is 3.22. The highest BCUT2D eigenvalue weighted by molar-refractivity contribution is 6.35. The molecule has 1 aliphatic heterocycles. The molecule has 1 amide bonds. The molecule has 0 aliphatic carbocycles. The van der Waals surface area contributed by atoms with Crippen LogP contribution in [0.5, 0.6) is 0 Å². The maximum atomic E-state index is 12.9. The van der Waals surface area contributed by atoms with Crippen LogP contribution in [0.3, 0.4) is 0 Å². The molecular formula is C21H21ClN2O2. The van der Waals surface area contributed by atoms with E-state index in [-0.39, 0.29) is 5.91 Å². The number of aryl methyl sites for hydroxylation is 1. The number of halogens is 1. The molecule has 1 aromatic heterocycles. The van der Waals surface area contributed by atoms with Crippen LogP contribution in [0.2, 0.25) is 5.02 Å². The fourth-order valence-corrected chi connectivity index (χ4v) is 3.72. The highest BCUT2D eigenvalue weighted by atomic mass is 35.5.